The highest BCUT2D eigenvalue weighted by Crippen LogP contribution is 2.21. The number of ether oxygens (including phenoxy) is 1. The number of rotatable bonds is 3. The molecule has 2 heteroatoms. The normalized spacial score (nSPS) is 13.9. The smallest absolute Gasteiger partial charge is 0.293 e. The third kappa shape index (κ3) is 2.67. The first-order valence-corrected chi connectivity index (χ1v) is 3.24. The van der Waals surface area contributed by atoms with Crippen LogP contribution in [-0.4, -0.2) is 12.6 Å². The van der Waals surface area contributed by atoms with E-state index in [1.54, 1.807) is 6.08 Å². The van der Waals surface area contributed by atoms with E-state index in [1.807, 2.05) is 20.8 Å². The molecule has 58 valence electrons. The summed E-state index contributed by atoms with van der Waals surface area (Å²) in [5.41, 5.74) is -0.0529. The largest absolute Gasteiger partial charge is 0.460 e. The Kier molecular flexibility index (Phi) is 3.13. The van der Waals surface area contributed by atoms with E-state index in [0.29, 0.717) is 6.47 Å². The zero-order chi connectivity index (χ0) is 8.20. The highest BCUT2D eigenvalue weighted by molar-refractivity contribution is 5.38. The molecule has 0 aliphatic carbocycles. The summed E-state index contributed by atoms with van der Waals surface area (Å²) in [6.45, 7) is 9.98. The summed E-state index contributed by atoms with van der Waals surface area (Å²) in [6, 6.07) is 0. The maximum absolute atomic E-state index is 9.95. The molecule has 0 spiro atoms. The van der Waals surface area contributed by atoms with Gasteiger partial charge in [-0.1, -0.05) is 33.4 Å². The van der Waals surface area contributed by atoms with Crippen LogP contribution in [0.1, 0.15) is 20.8 Å². The van der Waals surface area contributed by atoms with E-state index in [0.717, 1.165) is 0 Å². The Balaban J connectivity index is 4.05. The third-order valence-corrected chi connectivity index (χ3v) is 1.27. The summed E-state index contributed by atoms with van der Waals surface area (Å²) in [5.74, 6) is 0. The van der Waals surface area contributed by atoms with Crippen LogP contribution in [-0.2, 0) is 9.53 Å². The van der Waals surface area contributed by atoms with Gasteiger partial charge in [0.25, 0.3) is 6.47 Å². The molecule has 0 bridgehead atoms. The molecule has 0 amide bonds. The van der Waals surface area contributed by atoms with Crippen LogP contribution in [0.3, 0.4) is 0 Å². The fourth-order valence-electron chi connectivity index (χ4n) is 0.673. The van der Waals surface area contributed by atoms with Gasteiger partial charge in [-0.05, 0) is 0 Å². The molecule has 0 aromatic rings. The summed E-state index contributed by atoms with van der Waals surface area (Å²) in [5, 5.41) is 0. The molecule has 0 saturated carbocycles. The predicted molar refractivity (Wildman–Crippen MR) is 40.6 cm³/mol. The van der Waals surface area contributed by atoms with Crippen molar-refractivity contribution >= 4 is 6.47 Å². The van der Waals surface area contributed by atoms with Gasteiger partial charge in [-0.15, -0.1) is 0 Å². The molecule has 0 heterocycles. The molecule has 0 aliphatic rings. The summed E-state index contributed by atoms with van der Waals surface area (Å²) in [7, 11) is 0. The SMILES string of the molecule is C=CC(OC=O)C(C)(C)C. The molecule has 0 saturated heterocycles. The van der Waals surface area contributed by atoms with Gasteiger partial charge in [0.15, 0.2) is 0 Å². The quantitative estimate of drug-likeness (QED) is 0.443. The molecule has 0 fully saturated rings. The molecule has 0 aliphatic heterocycles. The number of hydrogen-bond acceptors (Lipinski definition) is 2. The van der Waals surface area contributed by atoms with E-state index in [4.69, 9.17) is 4.74 Å². The first kappa shape index (κ1) is 9.21. The van der Waals surface area contributed by atoms with Crippen LogP contribution < -0.4 is 0 Å². The number of carbonyl (C=O) groups is 1. The maximum Gasteiger partial charge on any atom is 0.293 e. The highest BCUT2D eigenvalue weighted by atomic mass is 16.5. The Morgan fingerprint density at radius 3 is 2.10 bits per heavy atom. The molecule has 0 aromatic heterocycles. The summed E-state index contributed by atoms with van der Waals surface area (Å²) in [4.78, 5) is 9.95. The Hall–Kier alpha value is -0.790. The minimum atomic E-state index is -0.190. The lowest BCUT2D eigenvalue weighted by atomic mass is 9.89. The predicted octanol–water partition coefficient (Wildman–Crippen LogP) is 1.76. The van der Waals surface area contributed by atoms with Gasteiger partial charge in [0.05, 0.1) is 0 Å². The molecule has 0 aromatic carbocycles. The fraction of sp³-hybridized carbons (Fsp3) is 0.625. The zero-order valence-electron chi connectivity index (χ0n) is 6.76. The lowest BCUT2D eigenvalue weighted by Crippen LogP contribution is -2.26. The van der Waals surface area contributed by atoms with Gasteiger partial charge in [-0.3, -0.25) is 4.79 Å². The monoisotopic (exact) mass is 142 g/mol. The second-order valence-electron chi connectivity index (χ2n) is 3.25. The highest BCUT2D eigenvalue weighted by Gasteiger charge is 2.22. The van der Waals surface area contributed by atoms with Gasteiger partial charge < -0.3 is 4.74 Å². The Morgan fingerprint density at radius 2 is 2.00 bits per heavy atom. The standard InChI is InChI=1S/C8H14O2/c1-5-7(10-6-9)8(2,3)4/h5-7H,1H2,2-4H3. The molecule has 1 unspecified atom stereocenters. The van der Waals surface area contributed by atoms with E-state index in [2.05, 4.69) is 6.58 Å². The van der Waals surface area contributed by atoms with E-state index >= 15 is 0 Å². The van der Waals surface area contributed by atoms with E-state index in [9.17, 15) is 4.79 Å². The first-order valence-electron chi connectivity index (χ1n) is 3.24. The molecular formula is C8H14O2. The number of hydrogen-bond donors (Lipinski definition) is 0. The molecule has 0 N–H and O–H groups in total. The molecule has 10 heavy (non-hydrogen) atoms. The first-order chi connectivity index (χ1) is 4.52. The molecular weight excluding hydrogens is 128 g/mol. The fourth-order valence-corrected chi connectivity index (χ4v) is 0.673. The van der Waals surface area contributed by atoms with Crippen molar-refractivity contribution in [3.63, 3.8) is 0 Å². The van der Waals surface area contributed by atoms with Crippen molar-refractivity contribution in [1.82, 2.24) is 0 Å². The summed E-state index contributed by atoms with van der Waals surface area (Å²) < 4.78 is 4.76. The second-order valence-corrected chi connectivity index (χ2v) is 3.25. The van der Waals surface area contributed by atoms with Gasteiger partial charge >= 0.3 is 0 Å². The van der Waals surface area contributed by atoms with Crippen LogP contribution in [0.15, 0.2) is 12.7 Å². The van der Waals surface area contributed by atoms with Crippen LogP contribution in [0, 0.1) is 5.41 Å². The zero-order valence-corrected chi connectivity index (χ0v) is 6.76. The van der Waals surface area contributed by atoms with Crippen molar-refractivity contribution in [1.29, 1.82) is 0 Å². The van der Waals surface area contributed by atoms with Crippen molar-refractivity contribution in [3.05, 3.63) is 12.7 Å². The lowest BCUT2D eigenvalue weighted by Gasteiger charge is -2.25. The van der Waals surface area contributed by atoms with Crippen molar-refractivity contribution in [3.8, 4) is 0 Å². The lowest BCUT2D eigenvalue weighted by molar-refractivity contribution is -0.135. The van der Waals surface area contributed by atoms with E-state index < -0.39 is 0 Å². The van der Waals surface area contributed by atoms with Crippen LogP contribution in [0.2, 0.25) is 0 Å². The van der Waals surface area contributed by atoms with Crippen LogP contribution in [0.4, 0.5) is 0 Å². The Labute approximate surface area is 61.9 Å². The van der Waals surface area contributed by atoms with Gasteiger partial charge in [-0.2, -0.15) is 0 Å². The topological polar surface area (TPSA) is 26.3 Å². The van der Waals surface area contributed by atoms with Crippen LogP contribution >= 0.6 is 0 Å². The van der Waals surface area contributed by atoms with Gasteiger partial charge in [0.2, 0.25) is 0 Å². The summed E-state index contributed by atoms with van der Waals surface area (Å²) >= 11 is 0. The molecule has 0 radical (unpaired) electrons. The van der Waals surface area contributed by atoms with Gasteiger partial charge in [0, 0.05) is 5.41 Å². The van der Waals surface area contributed by atoms with E-state index in [1.165, 1.54) is 0 Å². The number of carbonyl (C=O) groups excluding carboxylic acids is 1. The average Bonchev–Trinajstić information content (AvgIpc) is 1.80. The molecule has 0 rings (SSSR count). The van der Waals surface area contributed by atoms with Gasteiger partial charge in [0.1, 0.15) is 6.10 Å². The van der Waals surface area contributed by atoms with Crippen LogP contribution in [0.5, 0.6) is 0 Å². The second kappa shape index (κ2) is 3.40. The van der Waals surface area contributed by atoms with E-state index in [-0.39, 0.29) is 11.5 Å². The Bertz CT molecular complexity index is 122. The minimum absolute atomic E-state index is 0.0529. The summed E-state index contributed by atoms with van der Waals surface area (Å²) in [6.07, 6.45) is 1.44. The van der Waals surface area contributed by atoms with Crippen molar-refractivity contribution in [2.75, 3.05) is 0 Å². The third-order valence-electron chi connectivity index (χ3n) is 1.27. The molecule has 1 atom stereocenters. The Morgan fingerprint density at radius 1 is 1.50 bits per heavy atom. The van der Waals surface area contributed by atoms with Crippen LogP contribution in [0.25, 0.3) is 0 Å². The minimum Gasteiger partial charge on any atom is -0.460 e. The van der Waals surface area contributed by atoms with Crippen molar-refractivity contribution in [2.24, 2.45) is 5.41 Å². The maximum atomic E-state index is 9.95. The average molecular weight is 142 g/mol. The van der Waals surface area contributed by atoms with Crippen molar-refractivity contribution < 1.29 is 9.53 Å². The molecule has 2 nitrogen and oxygen atoms in total. The van der Waals surface area contributed by atoms with Gasteiger partial charge in [-0.25, -0.2) is 0 Å². The van der Waals surface area contributed by atoms with Crippen molar-refractivity contribution in [2.45, 2.75) is 26.9 Å².